The third-order valence-corrected chi connectivity index (χ3v) is 5.14. The van der Waals surface area contributed by atoms with Crippen molar-refractivity contribution >= 4 is 5.91 Å². The Balaban J connectivity index is 1.61. The first-order chi connectivity index (χ1) is 10.3. The van der Waals surface area contributed by atoms with Crippen LogP contribution in [0.1, 0.15) is 44.9 Å². The van der Waals surface area contributed by atoms with Crippen molar-refractivity contribution in [2.24, 2.45) is 0 Å². The number of hydrogen-bond acceptors (Lipinski definition) is 4. The van der Waals surface area contributed by atoms with Crippen LogP contribution in [0.25, 0.3) is 0 Å². The van der Waals surface area contributed by atoms with Crippen LogP contribution in [0.5, 0.6) is 0 Å². The molecule has 3 aliphatic rings. The molecule has 0 aromatic heterocycles. The number of nitrogens with one attached hydrogen (secondary N) is 2. The molecule has 0 radical (unpaired) electrons. The van der Waals surface area contributed by atoms with Gasteiger partial charge in [-0.1, -0.05) is 19.3 Å². The largest absolute Gasteiger partial charge is 0.366 e. The van der Waals surface area contributed by atoms with Gasteiger partial charge < -0.3 is 20.3 Å². The maximum absolute atomic E-state index is 12.6. The summed E-state index contributed by atoms with van der Waals surface area (Å²) in [5.41, 5.74) is -0.0134. The van der Waals surface area contributed by atoms with Crippen LogP contribution in [0, 0.1) is 0 Å². The molecule has 3 rings (SSSR count). The van der Waals surface area contributed by atoms with Gasteiger partial charge in [0.15, 0.2) is 0 Å². The van der Waals surface area contributed by atoms with Crippen molar-refractivity contribution in [2.75, 3.05) is 39.3 Å². The highest BCUT2D eigenvalue weighted by Crippen LogP contribution is 2.30. The Morgan fingerprint density at radius 3 is 2.62 bits per heavy atom. The number of carbonyl (C=O) groups is 1. The number of rotatable bonds is 4. The van der Waals surface area contributed by atoms with E-state index in [0.717, 1.165) is 25.9 Å². The number of amides is 1. The van der Waals surface area contributed by atoms with E-state index in [9.17, 15) is 4.79 Å². The van der Waals surface area contributed by atoms with Gasteiger partial charge in [-0.25, -0.2) is 0 Å². The molecular weight excluding hydrogens is 266 g/mol. The molecule has 5 nitrogen and oxygen atoms in total. The summed E-state index contributed by atoms with van der Waals surface area (Å²) in [6, 6.07) is 0. The molecule has 0 aromatic rings. The molecule has 0 bridgehead atoms. The van der Waals surface area contributed by atoms with E-state index in [1.54, 1.807) is 0 Å². The third kappa shape index (κ3) is 3.96. The molecule has 0 spiro atoms. The predicted octanol–water partition coefficient (Wildman–Crippen LogP) is 0.890. The van der Waals surface area contributed by atoms with Gasteiger partial charge in [-0.3, -0.25) is 4.79 Å². The smallest absolute Gasteiger partial charge is 0.250 e. The maximum Gasteiger partial charge on any atom is 0.250 e. The molecule has 1 saturated carbocycles. The standard InChI is InChI=1S/C16H29N3O2/c20-15(14-12-17-8-11-21-14)18-16(6-2-1-3-7-16)13-19-9-4-5-10-19/h14,17H,1-13H2,(H,18,20). The number of carbonyl (C=O) groups excluding carboxylic acids is 1. The summed E-state index contributed by atoms with van der Waals surface area (Å²) in [6.45, 7) is 5.54. The van der Waals surface area contributed by atoms with Crippen molar-refractivity contribution in [2.45, 2.75) is 56.6 Å². The molecule has 2 aliphatic heterocycles. The average molecular weight is 295 g/mol. The fourth-order valence-electron chi connectivity index (χ4n) is 4.00. The van der Waals surface area contributed by atoms with E-state index >= 15 is 0 Å². The summed E-state index contributed by atoms with van der Waals surface area (Å²) in [4.78, 5) is 15.1. The molecule has 3 fully saturated rings. The monoisotopic (exact) mass is 295 g/mol. The summed E-state index contributed by atoms with van der Waals surface area (Å²) in [5, 5.41) is 6.63. The lowest BCUT2D eigenvalue weighted by molar-refractivity contribution is -0.137. The summed E-state index contributed by atoms with van der Waals surface area (Å²) >= 11 is 0. The second-order valence-electron chi connectivity index (χ2n) is 6.88. The van der Waals surface area contributed by atoms with Gasteiger partial charge >= 0.3 is 0 Å². The van der Waals surface area contributed by atoms with Crippen molar-refractivity contribution in [3.63, 3.8) is 0 Å². The van der Waals surface area contributed by atoms with Crippen LogP contribution in [0.3, 0.4) is 0 Å². The number of hydrogen-bond donors (Lipinski definition) is 2. The van der Waals surface area contributed by atoms with Gasteiger partial charge in [-0.15, -0.1) is 0 Å². The first-order valence-corrected chi connectivity index (χ1v) is 8.64. The van der Waals surface area contributed by atoms with Crippen molar-refractivity contribution in [3.8, 4) is 0 Å². The van der Waals surface area contributed by atoms with Crippen LogP contribution in [0.4, 0.5) is 0 Å². The minimum atomic E-state index is -0.309. The molecule has 0 aromatic carbocycles. The Morgan fingerprint density at radius 1 is 1.19 bits per heavy atom. The van der Waals surface area contributed by atoms with Crippen LogP contribution in [-0.2, 0) is 9.53 Å². The molecule has 120 valence electrons. The lowest BCUT2D eigenvalue weighted by Gasteiger charge is -2.42. The van der Waals surface area contributed by atoms with Gasteiger partial charge in [0.25, 0.3) is 5.91 Å². The van der Waals surface area contributed by atoms with Gasteiger partial charge in [0, 0.05) is 19.6 Å². The Morgan fingerprint density at radius 2 is 1.95 bits per heavy atom. The first-order valence-electron chi connectivity index (χ1n) is 8.64. The molecule has 1 atom stereocenters. The lowest BCUT2D eigenvalue weighted by atomic mass is 9.81. The third-order valence-electron chi connectivity index (χ3n) is 5.14. The first kappa shape index (κ1) is 15.3. The van der Waals surface area contributed by atoms with Gasteiger partial charge in [0.05, 0.1) is 12.1 Å². The second-order valence-corrected chi connectivity index (χ2v) is 6.88. The Bertz CT molecular complexity index is 343. The molecule has 1 unspecified atom stereocenters. The zero-order valence-corrected chi connectivity index (χ0v) is 13.0. The molecule has 1 aliphatic carbocycles. The quantitative estimate of drug-likeness (QED) is 0.809. The highest BCUT2D eigenvalue weighted by molar-refractivity contribution is 5.82. The molecule has 1 amide bonds. The van der Waals surface area contributed by atoms with Crippen molar-refractivity contribution in [1.82, 2.24) is 15.5 Å². The number of nitrogens with zero attached hydrogens (tertiary/aromatic N) is 1. The Labute approximate surface area is 127 Å². The van der Waals surface area contributed by atoms with Gasteiger partial charge in [0.2, 0.25) is 0 Å². The van der Waals surface area contributed by atoms with Gasteiger partial charge in [-0.05, 0) is 38.8 Å². The van der Waals surface area contributed by atoms with Crippen molar-refractivity contribution < 1.29 is 9.53 Å². The van der Waals surface area contributed by atoms with E-state index in [1.165, 1.54) is 45.2 Å². The Kier molecular flexibility index (Phi) is 5.14. The van der Waals surface area contributed by atoms with E-state index in [2.05, 4.69) is 15.5 Å². The van der Waals surface area contributed by atoms with Crippen LogP contribution in [-0.4, -0.2) is 61.8 Å². The molecule has 21 heavy (non-hydrogen) atoms. The van der Waals surface area contributed by atoms with Crippen LogP contribution >= 0.6 is 0 Å². The zero-order valence-electron chi connectivity index (χ0n) is 13.0. The number of likely N-dealkylation sites (tertiary alicyclic amines) is 1. The topological polar surface area (TPSA) is 53.6 Å². The minimum Gasteiger partial charge on any atom is -0.366 e. The normalized spacial score (nSPS) is 30.2. The van der Waals surface area contributed by atoms with Crippen LogP contribution < -0.4 is 10.6 Å². The predicted molar refractivity (Wildman–Crippen MR) is 82.2 cm³/mol. The highest BCUT2D eigenvalue weighted by atomic mass is 16.5. The van der Waals surface area contributed by atoms with E-state index in [4.69, 9.17) is 4.74 Å². The summed E-state index contributed by atoms with van der Waals surface area (Å²) in [6.07, 6.45) is 8.31. The number of morpholine rings is 1. The minimum absolute atomic E-state index is 0.0134. The van der Waals surface area contributed by atoms with Crippen LogP contribution in [0.15, 0.2) is 0 Å². The maximum atomic E-state index is 12.6. The summed E-state index contributed by atoms with van der Waals surface area (Å²) in [7, 11) is 0. The van der Waals surface area contributed by atoms with Crippen molar-refractivity contribution in [1.29, 1.82) is 0 Å². The fraction of sp³-hybridized carbons (Fsp3) is 0.938. The SMILES string of the molecule is O=C(NC1(CN2CCCC2)CCCCC1)C1CNCCO1. The van der Waals surface area contributed by atoms with E-state index in [0.29, 0.717) is 13.2 Å². The molecule has 2 N–H and O–H groups in total. The fourth-order valence-corrected chi connectivity index (χ4v) is 4.00. The van der Waals surface area contributed by atoms with Crippen molar-refractivity contribution in [3.05, 3.63) is 0 Å². The molecule has 2 heterocycles. The molecule has 5 heteroatoms. The van der Waals surface area contributed by atoms with Gasteiger partial charge in [0.1, 0.15) is 6.10 Å². The summed E-state index contributed by atoms with van der Waals surface area (Å²) in [5.74, 6) is 0.0864. The molecule has 2 saturated heterocycles. The average Bonchev–Trinajstić information content (AvgIpc) is 3.01. The highest BCUT2D eigenvalue weighted by Gasteiger charge is 2.37. The molecular formula is C16H29N3O2. The van der Waals surface area contributed by atoms with E-state index < -0.39 is 0 Å². The Hall–Kier alpha value is -0.650. The van der Waals surface area contributed by atoms with Crippen LogP contribution in [0.2, 0.25) is 0 Å². The zero-order chi connectivity index (χ0) is 14.5. The number of ether oxygens (including phenoxy) is 1. The lowest BCUT2D eigenvalue weighted by Crippen LogP contribution is -2.60. The van der Waals surface area contributed by atoms with E-state index in [1.807, 2.05) is 0 Å². The van der Waals surface area contributed by atoms with Gasteiger partial charge in [-0.2, -0.15) is 0 Å². The summed E-state index contributed by atoms with van der Waals surface area (Å²) < 4.78 is 5.61. The second kappa shape index (κ2) is 7.07. The van der Waals surface area contributed by atoms with E-state index in [-0.39, 0.29) is 17.6 Å².